The molecule has 1 aliphatic rings. The first-order valence-corrected chi connectivity index (χ1v) is 9.83. The zero-order valence-corrected chi connectivity index (χ0v) is 15.1. The molecular weight excluding hydrogens is 358 g/mol. The van der Waals surface area contributed by atoms with Crippen LogP contribution in [0.25, 0.3) is 10.2 Å². The first-order chi connectivity index (χ1) is 12.2. The predicted octanol–water partition coefficient (Wildman–Crippen LogP) is 1.65. The molecule has 9 heteroatoms. The van der Waals surface area contributed by atoms with E-state index in [9.17, 15) is 9.59 Å². The fourth-order valence-corrected chi connectivity index (χ4v) is 4.37. The monoisotopic (exact) mass is 375 g/mol. The van der Waals surface area contributed by atoms with Gasteiger partial charge in [0.2, 0.25) is 5.91 Å². The third-order valence-electron chi connectivity index (χ3n) is 4.34. The number of carbonyl (C=O) groups is 1. The van der Waals surface area contributed by atoms with Gasteiger partial charge in [0, 0.05) is 50.7 Å². The molecule has 0 N–H and O–H groups in total. The number of thiophene rings is 1. The van der Waals surface area contributed by atoms with E-state index in [1.54, 1.807) is 23.6 Å². The lowest BCUT2D eigenvalue weighted by molar-refractivity contribution is -0.131. The Labute approximate surface area is 152 Å². The molecular formula is C16H17N5O2S2. The lowest BCUT2D eigenvalue weighted by Crippen LogP contribution is -2.49. The van der Waals surface area contributed by atoms with E-state index in [1.165, 1.54) is 22.2 Å². The average molecular weight is 375 g/mol. The van der Waals surface area contributed by atoms with Gasteiger partial charge in [0.25, 0.3) is 5.56 Å². The van der Waals surface area contributed by atoms with Crippen LogP contribution in [-0.4, -0.2) is 51.5 Å². The maximum Gasteiger partial charge on any atom is 0.262 e. The highest BCUT2D eigenvalue weighted by molar-refractivity contribution is 7.16. The Hall–Kier alpha value is -2.26. The first-order valence-electron chi connectivity index (χ1n) is 8.07. The molecule has 0 bridgehead atoms. The van der Waals surface area contributed by atoms with Crippen LogP contribution in [0.4, 0.5) is 5.13 Å². The number of piperazine rings is 1. The number of carbonyl (C=O) groups excluding carboxylic acids is 1. The van der Waals surface area contributed by atoms with E-state index in [1.807, 2.05) is 15.7 Å². The Balaban J connectivity index is 1.34. The van der Waals surface area contributed by atoms with Crippen molar-refractivity contribution in [3.8, 4) is 0 Å². The summed E-state index contributed by atoms with van der Waals surface area (Å²) in [5, 5.41) is 5.45. The van der Waals surface area contributed by atoms with Crippen molar-refractivity contribution in [3.05, 3.63) is 39.7 Å². The van der Waals surface area contributed by atoms with Crippen LogP contribution in [0.5, 0.6) is 0 Å². The van der Waals surface area contributed by atoms with Crippen molar-refractivity contribution < 1.29 is 4.79 Å². The number of anilines is 1. The number of thiazole rings is 1. The van der Waals surface area contributed by atoms with Gasteiger partial charge in [-0.2, -0.15) is 0 Å². The highest BCUT2D eigenvalue weighted by Crippen LogP contribution is 2.19. The van der Waals surface area contributed by atoms with Gasteiger partial charge >= 0.3 is 0 Å². The third kappa shape index (κ3) is 3.29. The van der Waals surface area contributed by atoms with Crippen molar-refractivity contribution in [2.75, 3.05) is 31.1 Å². The largest absolute Gasteiger partial charge is 0.345 e. The number of aromatic nitrogens is 3. The zero-order chi connectivity index (χ0) is 17.2. The topological polar surface area (TPSA) is 71.3 Å². The lowest BCUT2D eigenvalue weighted by atomic mass is 10.3. The molecule has 4 rings (SSSR count). The van der Waals surface area contributed by atoms with Crippen LogP contribution in [0.1, 0.15) is 6.42 Å². The van der Waals surface area contributed by atoms with E-state index in [0.29, 0.717) is 31.4 Å². The number of amides is 1. The molecule has 0 spiro atoms. The molecule has 3 aromatic rings. The van der Waals surface area contributed by atoms with Gasteiger partial charge in [-0.25, -0.2) is 9.97 Å². The molecule has 7 nitrogen and oxygen atoms in total. The molecule has 1 aliphatic heterocycles. The van der Waals surface area contributed by atoms with E-state index in [2.05, 4.69) is 14.9 Å². The average Bonchev–Trinajstić information content (AvgIpc) is 3.33. The molecule has 0 radical (unpaired) electrons. The van der Waals surface area contributed by atoms with Gasteiger partial charge in [-0.3, -0.25) is 14.2 Å². The summed E-state index contributed by atoms with van der Waals surface area (Å²) < 4.78 is 1.53. The molecule has 0 aliphatic carbocycles. The van der Waals surface area contributed by atoms with Gasteiger partial charge in [0.1, 0.15) is 4.83 Å². The quantitative estimate of drug-likeness (QED) is 0.693. The van der Waals surface area contributed by atoms with Gasteiger partial charge in [-0.1, -0.05) is 0 Å². The summed E-state index contributed by atoms with van der Waals surface area (Å²) in [5.41, 5.74) is -0.0763. The molecule has 0 unspecified atom stereocenters. The van der Waals surface area contributed by atoms with Crippen LogP contribution in [0.3, 0.4) is 0 Å². The number of fused-ring (bicyclic) bond motifs is 1. The minimum Gasteiger partial charge on any atom is -0.345 e. The highest BCUT2D eigenvalue weighted by atomic mass is 32.1. The summed E-state index contributed by atoms with van der Waals surface area (Å²) in [4.78, 5) is 38.2. The highest BCUT2D eigenvalue weighted by Gasteiger charge is 2.22. The van der Waals surface area contributed by atoms with E-state index in [0.717, 1.165) is 23.1 Å². The summed E-state index contributed by atoms with van der Waals surface area (Å²) in [7, 11) is 0. The number of aryl methyl sites for hydroxylation is 1. The van der Waals surface area contributed by atoms with E-state index < -0.39 is 0 Å². The van der Waals surface area contributed by atoms with Crippen molar-refractivity contribution in [2.24, 2.45) is 0 Å². The Bertz CT molecular complexity index is 926. The smallest absolute Gasteiger partial charge is 0.262 e. The summed E-state index contributed by atoms with van der Waals surface area (Å²) in [5.74, 6) is 0.0797. The zero-order valence-electron chi connectivity index (χ0n) is 13.5. The van der Waals surface area contributed by atoms with Crippen LogP contribution < -0.4 is 10.5 Å². The van der Waals surface area contributed by atoms with Gasteiger partial charge < -0.3 is 9.80 Å². The van der Waals surface area contributed by atoms with Crippen LogP contribution in [0.15, 0.2) is 34.1 Å². The number of nitrogens with zero attached hydrogens (tertiary/aromatic N) is 5. The van der Waals surface area contributed by atoms with Crippen molar-refractivity contribution >= 4 is 43.9 Å². The molecule has 130 valence electrons. The molecule has 4 heterocycles. The molecule has 0 aromatic carbocycles. The molecule has 0 saturated carbocycles. The lowest BCUT2D eigenvalue weighted by Gasteiger charge is -2.34. The van der Waals surface area contributed by atoms with Gasteiger partial charge in [-0.15, -0.1) is 22.7 Å². The molecule has 25 heavy (non-hydrogen) atoms. The summed E-state index contributed by atoms with van der Waals surface area (Å²) >= 11 is 3.06. The summed E-state index contributed by atoms with van der Waals surface area (Å²) in [6.45, 7) is 3.33. The Morgan fingerprint density at radius 2 is 1.96 bits per heavy atom. The second kappa shape index (κ2) is 6.93. The fraction of sp³-hybridized carbons (Fsp3) is 0.375. The van der Waals surface area contributed by atoms with Crippen molar-refractivity contribution in [3.63, 3.8) is 0 Å². The Morgan fingerprint density at radius 3 is 2.72 bits per heavy atom. The minimum atomic E-state index is -0.0763. The predicted molar refractivity (Wildman–Crippen MR) is 99.4 cm³/mol. The summed E-state index contributed by atoms with van der Waals surface area (Å²) in [6, 6.07) is 1.78. The Morgan fingerprint density at radius 1 is 1.12 bits per heavy atom. The molecule has 1 fully saturated rings. The van der Waals surface area contributed by atoms with Gasteiger partial charge in [0.15, 0.2) is 5.13 Å². The second-order valence-electron chi connectivity index (χ2n) is 5.82. The molecule has 3 aromatic heterocycles. The van der Waals surface area contributed by atoms with Gasteiger partial charge in [-0.05, 0) is 11.4 Å². The second-order valence-corrected chi connectivity index (χ2v) is 7.58. The van der Waals surface area contributed by atoms with E-state index in [-0.39, 0.29) is 11.5 Å². The third-order valence-corrected chi connectivity index (χ3v) is 5.99. The number of rotatable bonds is 4. The van der Waals surface area contributed by atoms with Crippen molar-refractivity contribution in [1.29, 1.82) is 0 Å². The molecule has 0 atom stereocenters. The fourth-order valence-electron chi connectivity index (χ4n) is 2.95. The van der Waals surface area contributed by atoms with E-state index >= 15 is 0 Å². The number of hydrogen-bond acceptors (Lipinski definition) is 7. The minimum absolute atomic E-state index is 0.0763. The normalized spacial score (nSPS) is 15.0. The molecule has 1 saturated heterocycles. The van der Waals surface area contributed by atoms with Crippen LogP contribution in [-0.2, 0) is 11.3 Å². The van der Waals surface area contributed by atoms with E-state index in [4.69, 9.17) is 0 Å². The van der Waals surface area contributed by atoms with Gasteiger partial charge in [0.05, 0.1) is 11.7 Å². The SMILES string of the molecule is O=C(CCn1cnc2sccc2c1=O)N1CCN(c2nccs2)CC1. The van der Waals surface area contributed by atoms with Crippen molar-refractivity contribution in [1.82, 2.24) is 19.4 Å². The maximum atomic E-state index is 12.5. The van der Waals surface area contributed by atoms with Crippen LogP contribution in [0.2, 0.25) is 0 Å². The maximum absolute atomic E-state index is 12.5. The van der Waals surface area contributed by atoms with Crippen LogP contribution >= 0.6 is 22.7 Å². The molecule has 1 amide bonds. The summed E-state index contributed by atoms with van der Waals surface area (Å²) in [6.07, 6.45) is 3.65. The Kier molecular flexibility index (Phi) is 4.50. The number of hydrogen-bond donors (Lipinski definition) is 0. The van der Waals surface area contributed by atoms with Crippen LogP contribution in [0, 0.1) is 0 Å². The first kappa shape index (κ1) is 16.2. The van der Waals surface area contributed by atoms with Crippen molar-refractivity contribution in [2.45, 2.75) is 13.0 Å². The standard InChI is InChI=1S/C16H17N5O2S2/c22-13(19-5-7-20(8-6-19)16-17-3-10-25-16)1-4-21-11-18-14-12(15(21)23)2-9-24-14/h2-3,9-11H,1,4-8H2.